The quantitative estimate of drug-likeness (QED) is 0.585. The van der Waals surface area contributed by atoms with Crippen LogP contribution < -0.4 is 11.1 Å². The molecule has 37 heavy (non-hydrogen) atoms. The second kappa shape index (κ2) is 9.75. The Labute approximate surface area is 217 Å². The monoisotopic (exact) mass is 496 g/mol. The number of nitrogens with one attached hydrogen (secondary N) is 1. The Bertz CT molecular complexity index is 1330. The van der Waals surface area contributed by atoms with Crippen molar-refractivity contribution < 1.29 is 9.90 Å². The first-order chi connectivity index (χ1) is 17.8. The minimum Gasteiger partial charge on any atom is -0.382 e. The molecule has 0 radical (unpaired) electrons. The van der Waals surface area contributed by atoms with Gasteiger partial charge in [0.25, 0.3) is 0 Å². The van der Waals surface area contributed by atoms with E-state index in [0.29, 0.717) is 29.9 Å². The van der Waals surface area contributed by atoms with E-state index in [1.54, 1.807) is 31.3 Å². The van der Waals surface area contributed by atoms with Crippen LogP contribution in [0.15, 0.2) is 71.6 Å². The minimum atomic E-state index is -1.26. The molecule has 0 spiro atoms. The van der Waals surface area contributed by atoms with Crippen LogP contribution in [0.25, 0.3) is 5.70 Å². The fourth-order valence-electron chi connectivity index (χ4n) is 5.53. The van der Waals surface area contributed by atoms with Crippen LogP contribution in [0.2, 0.25) is 0 Å². The molecule has 4 N–H and O–H groups in total. The van der Waals surface area contributed by atoms with Gasteiger partial charge in [-0.05, 0) is 48.6 Å². The Hall–Kier alpha value is -4.09. The molecule has 3 atom stereocenters. The fraction of sp³-hybridized carbons (Fsp3) is 0.345. The lowest BCUT2D eigenvalue weighted by Crippen LogP contribution is -2.50. The van der Waals surface area contributed by atoms with Gasteiger partial charge in [-0.3, -0.25) is 4.79 Å². The van der Waals surface area contributed by atoms with Gasteiger partial charge >= 0.3 is 0 Å². The number of benzene rings is 2. The summed E-state index contributed by atoms with van der Waals surface area (Å²) < 4.78 is 0. The summed E-state index contributed by atoms with van der Waals surface area (Å²) in [6, 6.07) is 16.9. The number of hydrogen-bond acceptors (Lipinski definition) is 7. The Balaban J connectivity index is 1.43. The molecule has 0 aromatic heterocycles. The molecule has 190 valence electrons. The summed E-state index contributed by atoms with van der Waals surface area (Å²) in [5.74, 6) is 0.864. The van der Waals surface area contributed by atoms with Crippen LogP contribution in [0.1, 0.15) is 55.4 Å². The molecule has 5 rings (SSSR count). The lowest BCUT2D eigenvalue weighted by atomic mass is 9.87. The van der Waals surface area contributed by atoms with Gasteiger partial charge in [-0.1, -0.05) is 43.3 Å². The number of fused-ring (bicyclic) bond motifs is 1. The Morgan fingerprint density at radius 1 is 1.27 bits per heavy atom. The number of aliphatic imine (C=N–C) groups is 1. The van der Waals surface area contributed by atoms with Gasteiger partial charge in [-0.2, -0.15) is 5.26 Å². The fourth-order valence-corrected chi connectivity index (χ4v) is 5.53. The molecule has 3 aliphatic rings. The van der Waals surface area contributed by atoms with E-state index in [0.717, 1.165) is 41.9 Å². The van der Waals surface area contributed by atoms with E-state index in [1.165, 1.54) is 0 Å². The Morgan fingerprint density at radius 2 is 2.05 bits per heavy atom. The second-order valence-electron chi connectivity index (χ2n) is 9.97. The van der Waals surface area contributed by atoms with Crippen molar-refractivity contribution in [3.63, 3.8) is 0 Å². The topological polar surface area (TPSA) is 118 Å². The third-order valence-electron chi connectivity index (χ3n) is 7.62. The van der Waals surface area contributed by atoms with Gasteiger partial charge in [-0.25, -0.2) is 4.99 Å². The van der Waals surface area contributed by atoms with Crippen LogP contribution in [-0.4, -0.2) is 45.9 Å². The van der Waals surface area contributed by atoms with Gasteiger partial charge in [0.1, 0.15) is 23.3 Å². The van der Waals surface area contributed by atoms with Crippen molar-refractivity contribution in [2.45, 2.75) is 44.9 Å². The molecule has 1 saturated heterocycles. The SMILES string of the molecule is CCC(=O)N1CCCC(C2NC(c3ccc([C@@](C)(O)c4cccc(C#N)c4)cc3)=C3C(N)=NC=CN32)C1. The van der Waals surface area contributed by atoms with E-state index in [9.17, 15) is 15.2 Å². The molecule has 2 aromatic carbocycles. The number of amidine groups is 1. The molecule has 0 aliphatic carbocycles. The number of likely N-dealkylation sites (tertiary alicyclic amines) is 1. The number of rotatable bonds is 5. The molecule has 2 aromatic rings. The molecule has 0 saturated carbocycles. The van der Waals surface area contributed by atoms with Crippen molar-refractivity contribution in [3.8, 4) is 6.07 Å². The molecule has 0 bridgehead atoms. The van der Waals surface area contributed by atoms with Gasteiger partial charge < -0.3 is 26.0 Å². The minimum absolute atomic E-state index is 0.0424. The predicted molar refractivity (Wildman–Crippen MR) is 142 cm³/mol. The molecule has 8 heteroatoms. The Morgan fingerprint density at radius 3 is 2.78 bits per heavy atom. The van der Waals surface area contributed by atoms with E-state index in [2.05, 4.69) is 21.3 Å². The number of hydrogen-bond donors (Lipinski definition) is 3. The lowest BCUT2D eigenvalue weighted by molar-refractivity contribution is -0.133. The summed E-state index contributed by atoms with van der Waals surface area (Å²) in [5, 5.41) is 24.3. The van der Waals surface area contributed by atoms with Crippen molar-refractivity contribution in [1.82, 2.24) is 15.1 Å². The van der Waals surface area contributed by atoms with Crippen molar-refractivity contribution in [3.05, 3.63) is 88.9 Å². The van der Waals surface area contributed by atoms with Crippen LogP contribution in [0, 0.1) is 17.2 Å². The summed E-state index contributed by atoms with van der Waals surface area (Å²) in [5.41, 5.74) is 9.62. The highest BCUT2D eigenvalue weighted by atomic mass is 16.3. The first-order valence-electron chi connectivity index (χ1n) is 12.7. The molecule has 1 amide bonds. The molecule has 3 heterocycles. The number of carbonyl (C=O) groups excluding carboxylic acids is 1. The standard InChI is InChI=1S/C29H32N6O2/c1-3-24(36)34-14-5-7-21(18-34)28-33-25(26-27(31)32-13-15-35(26)28)20-9-11-22(12-10-20)29(2,37)23-8-4-6-19(16-23)17-30/h4,6,8-13,15-16,21,28,33,37H,3,5,7,14,18H2,1-2H3,(H2,31,32)/t21?,28?,29-/m1/s1. The van der Waals surface area contributed by atoms with Gasteiger partial charge in [-0.15, -0.1) is 0 Å². The number of nitriles is 1. The highest BCUT2D eigenvalue weighted by molar-refractivity contribution is 6.05. The van der Waals surface area contributed by atoms with Crippen molar-refractivity contribution >= 4 is 17.4 Å². The first kappa shape index (κ1) is 24.6. The van der Waals surface area contributed by atoms with Crippen LogP contribution in [0.4, 0.5) is 0 Å². The molecule has 1 fully saturated rings. The summed E-state index contributed by atoms with van der Waals surface area (Å²) >= 11 is 0. The van der Waals surface area contributed by atoms with Gasteiger partial charge in [0.15, 0.2) is 0 Å². The zero-order chi connectivity index (χ0) is 26.2. The van der Waals surface area contributed by atoms with Crippen molar-refractivity contribution in [2.75, 3.05) is 13.1 Å². The van der Waals surface area contributed by atoms with E-state index < -0.39 is 5.60 Å². The highest BCUT2D eigenvalue weighted by Crippen LogP contribution is 2.37. The Kier molecular flexibility index (Phi) is 6.48. The normalized spacial score (nSPS) is 22.6. The summed E-state index contributed by atoms with van der Waals surface area (Å²) in [6.45, 7) is 5.15. The van der Waals surface area contributed by atoms with Crippen molar-refractivity contribution in [1.29, 1.82) is 5.26 Å². The van der Waals surface area contributed by atoms with E-state index in [1.807, 2.05) is 48.4 Å². The van der Waals surface area contributed by atoms with Crippen LogP contribution in [0.3, 0.4) is 0 Å². The number of carbonyl (C=O) groups is 1. The average Bonchev–Trinajstić information content (AvgIpc) is 3.34. The van der Waals surface area contributed by atoms with Gasteiger partial charge in [0.05, 0.1) is 17.3 Å². The predicted octanol–water partition coefficient (Wildman–Crippen LogP) is 3.20. The molecular formula is C29H32N6O2. The van der Waals surface area contributed by atoms with E-state index in [4.69, 9.17) is 5.73 Å². The third-order valence-corrected chi connectivity index (χ3v) is 7.62. The van der Waals surface area contributed by atoms with Gasteiger partial charge in [0, 0.05) is 37.8 Å². The smallest absolute Gasteiger partial charge is 0.222 e. The second-order valence-corrected chi connectivity index (χ2v) is 9.97. The maximum atomic E-state index is 12.4. The summed E-state index contributed by atoms with van der Waals surface area (Å²) in [4.78, 5) is 20.8. The zero-order valence-corrected chi connectivity index (χ0v) is 21.2. The first-order valence-corrected chi connectivity index (χ1v) is 12.7. The van der Waals surface area contributed by atoms with E-state index >= 15 is 0 Å². The van der Waals surface area contributed by atoms with Crippen LogP contribution in [-0.2, 0) is 10.4 Å². The molecule has 8 nitrogen and oxygen atoms in total. The van der Waals surface area contributed by atoms with Gasteiger partial charge in [0.2, 0.25) is 5.91 Å². The third kappa shape index (κ3) is 4.47. The summed E-state index contributed by atoms with van der Waals surface area (Å²) in [6.07, 6.45) is 6.11. The van der Waals surface area contributed by atoms with Crippen LogP contribution in [0.5, 0.6) is 0 Å². The largest absolute Gasteiger partial charge is 0.382 e. The number of nitrogens with zero attached hydrogens (tertiary/aromatic N) is 4. The molecular weight excluding hydrogens is 464 g/mol. The van der Waals surface area contributed by atoms with Crippen molar-refractivity contribution in [2.24, 2.45) is 16.6 Å². The molecule has 2 unspecified atom stereocenters. The maximum absolute atomic E-state index is 12.4. The van der Waals surface area contributed by atoms with E-state index in [-0.39, 0.29) is 18.0 Å². The number of aliphatic hydroxyl groups is 1. The highest BCUT2D eigenvalue weighted by Gasteiger charge is 2.40. The number of piperidine rings is 1. The van der Waals surface area contributed by atoms with Crippen LogP contribution >= 0.6 is 0 Å². The average molecular weight is 497 g/mol. The summed E-state index contributed by atoms with van der Waals surface area (Å²) in [7, 11) is 0. The molecule has 3 aliphatic heterocycles. The lowest BCUT2D eigenvalue weighted by Gasteiger charge is -2.39. The number of amides is 1. The zero-order valence-electron chi connectivity index (χ0n) is 21.2. The maximum Gasteiger partial charge on any atom is 0.222 e. The number of nitrogens with two attached hydrogens (primary N) is 1.